The van der Waals surface area contributed by atoms with Crippen molar-refractivity contribution in [3.05, 3.63) is 10.9 Å². The average Bonchev–Trinajstić information content (AvgIpc) is 2.80. The van der Waals surface area contributed by atoms with Crippen molar-refractivity contribution in [2.24, 2.45) is 13.0 Å². The molecule has 1 fully saturated rings. The molecular formula is C14H20BrN5O. The summed E-state index contributed by atoms with van der Waals surface area (Å²) in [6.07, 6.45) is 4.01. The maximum absolute atomic E-state index is 5.59. The van der Waals surface area contributed by atoms with Crippen molar-refractivity contribution in [3.8, 4) is 0 Å². The monoisotopic (exact) mass is 353 g/mol. The van der Waals surface area contributed by atoms with Crippen LogP contribution in [0.1, 0.15) is 19.8 Å². The second kappa shape index (κ2) is 6.27. The number of piperidine rings is 1. The van der Waals surface area contributed by atoms with Crippen molar-refractivity contribution < 1.29 is 4.74 Å². The first kappa shape index (κ1) is 14.7. The zero-order chi connectivity index (χ0) is 14.8. The molecule has 2 aromatic heterocycles. The summed E-state index contributed by atoms with van der Waals surface area (Å²) in [4.78, 5) is 11.2. The molecule has 1 aliphatic rings. The van der Waals surface area contributed by atoms with Crippen LogP contribution in [-0.2, 0) is 11.8 Å². The molecule has 1 atom stereocenters. The zero-order valence-electron chi connectivity index (χ0n) is 12.4. The van der Waals surface area contributed by atoms with Gasteiger partial charge in [0.2, 0.25) is 0 Å². The van der Waals surface area contributed by atoms with Crippen molar-refractivity contribution in [2.45, 2.75) is 19.8 Å². The van der Waals surface area contributed by atoms with E-state index in [0.29, 0.717) is 5.92 Å². The molecule has 3 heterocycles. The Labute approximate surface area is 132 Å². The third kappa shape index (κ3) is 2.89. The normalized spacial score (nSPS) is 19.4. The van der Waals surface area contributed by atoms with E-state index in [-0.39, 0.29) is 0 Å². The minimum absolute atomic E-state index is 0.569. The zero-order valence-corrected chi connectivity index (χ0v) is 14.0. The number of aromatic nitrogens is 4. The number of fused-ring (bicyclic) bond motifs is 1. The van der Waals surface area contributed by atoms with E-state index in [4.69, 9.17) is 4.74 Å². The molecule has 1 saturated heterocycles. The van der Waals surface area contributed by atoms with Crippen LogP contribution in [0.5, 0.6) is 0 Å². The number of nitrogens with zero attached hydrogens (tertiary/aromatic N) is 5. The van der Waals surface area contributed by atoms with Gasteiger partial charge in [0, 0.05) is 26.7 Å². The molecule has 1 unspecified atom stereocenters. The third-order valence-electron chi connectivity index (χ3n) is 3.93. The summed E-state index contributed by atoms with van der Waals surface area (Å²) < 4.78 is 8.18. The van der Waals surface area contributed by atoms with Gasteiger partial charge in [-0.3, -0.25) is 0 Å². The molecule has 0 spiro atoms. The Morgan fingerprint density at radius 2 is 2.29 bits per heavy atom. The van der Waals surface area contributed by atoms with E-state index < -0.39 is 0 Å². The maximum atomic E-state index is 5.59. The van der Waals surface area contributed by atoms with Gasteiger partial charge in [-0.15, -0.1) is 0 Å². The molecule has 0 N–H and O–H groups in total. The van der Waals surface area contributed by atoms with E-state index in [9.17, 15) is 0 Å². The number of ether oxygens (including phenoxy) is 1. The van der Waals surface area contributed by atoms with Gasteiger partial charge in [-0.1, -0.05) is 0 Å². The number of rotatable bonds is 4. The average molecular weight is 354 g/mol. The van der Waals surface area contributed by atoms with Crippen molar-refractivity contribution in [1.29, 1.82) is 0 Å². The number of anilines is 1. The lowest BCUT2D eigenvalue weighted by molar-refractivity contribution is 0.104. The van der Waals surface area contributed by atoms with Crippen LogP contribution in [0.25, 0.3) is 11.0 Å². The van der Waals surface area contributed by atoms with Gasteiger partial charge in [0.15, 0.2) is 5.65 Å². The van der Waals surface area contributed by atoms with Gasteiger partial charge in [0.25, 0.3) is 0 Å². The Kier molecular flexibility index (Phi) is 4.40. The SMILES string of the molecule is CCOCC1CCCN(c2ncnc3c2c(Br)nn3C)C1. The lowest BCUT2D eigenvalue weighted by atomic mass is 9.99. The van der Waals surface area contributed by atoms with E-state index in [2.05, 4.69) is 35.9 Å². The number of halogens is 1. The van der Waals surface area contributed by atoms with Crippen LogP contribution < -0.4 is 4.90 Å². The van der Waals surface area contributed by atoms with Crippen LogP contribution in [0.3, 0.4) is 0 Å². The highest BCUT2D eigenvalue weighted by Gasteiger charge is 2.24. The van der Waals surface area contributed by atoms with Crippen LogP contribution in [0.15, 0.2) is 10.9 Å². The van der Waals surface area contributed by atoms with E-state index in [1.807, 2.05) is 14.0 Å². The predicted molar refractivity (Wildman–Crippen MR) is 85.4 cm³/mol. The minimum Gasteiger partial charge on any atom is -0.381 e. The van der Waals surface area contributed by atoms with Gasteiger partial charge in [-0.25, -0.2) is 14.6 Å². The summed E-state index contributed by atoms with van der Waals surface area (Å²) >= 11 is 3.53. The van der Waals surface area contributed by atoms with Crippen molar-refractivity contribution in [1.82, 2.24) is 19.7 Å². The number of aryl methyl sites for hydroxylation is 1. The fraction of sp³-hybridized carbons (Fsp3) is 0.643. The first-order valence-corrected chi connectivity index (χ1v) is 8.16. The molecular weight excluding hydrogens is 334 g/mol. The van der Waals surface area contributed by atoms with Crippen molar-refractivity contribution in [3.63, 3.8) is 0 Å². The largest absolute Gasteiger partial charge is 0.381 e. The van der Waals surface area contributed by atoms with E-state index in [0.717, 1.165) is 47.8 Å². The van der Waals surface area contributed by atoms with Crippen LogP contribution in [0.2, 0.25) is 0 Å². The van der Waals surface area contributed by atoms with Crippen molar-refractivity contribution in [2.75, 3.05) is 31.2 Å². The Morgan fingerprint density at radius 1 is 1.43 bits per heavy atom. The smallest absolute Gasteiger partial charge is 0.164 e. The summed E-state index contributed by atoms with van der Waals surface area (Å²) in [5.41, 5.74) is 0.860. The fourth-order valence-electron chi connectivity index (χ4n) is 2.94. The Bertz CT molecular complexity index is 629. The van der Waals surface area contributed by atoms with Gasteiger partial charge in [-0.2, -0.15) is 5.10 Å². The highest BCUT2D eigenvalue weighted by atomic mass is 79.9. The lowest BCUT2D eigenvalue weighted by Crippen LogP contribution is -2.37. The van der Waals surface area contributed by atoms with Crippen LogP contribution in [0.4, 0.5) is 5.82 Å². The molecule has 2 aromatic rings. The molecule has 0 radical (unpaired) electrons. The summed E-state index contributed by atoms with van der Waals surface area (Å²) in [6.45, 7) is 5.66. The molecule has 0 aromatic carbocycles. The lowest BCUT2D eigenvalue weighted by Gasteiger charge is -2.33. The van der Waals surface area contributed by atoms with Gasteiger partial charge in [0.05, 0.1) is 12.0 Å². The molecule has 6 nitrogen and oxygen atoms in total. The fourth-order valence-corrected chi connectivity index (χ4v) is 3.54. The Morgan fingerprint density at radius 3 is 3.10 bits per heavy atom. The van der Waals surface area contributed by atoms with Crippen LogP contribution in [-0.4, -0.2) is 46.1 Å². The first-order chi connectivity index (χ1) is 10.2. The van der Waals surface area contributed by atoms with E-state index >= 15 is 0 Å². The van der Waals surface area contributed by atoms with Crippen LogP contribution >= 0.6 is 15.9 Å². The van der Waals surface area contributed by atoms with Crippen molar-refractivity contribution >= 4 is 32.8 Å². The highest BCUT2D eigenvalue weighted by molar-refractivity contribution is 9.10. The van der Waals surface area contributed by atoms with E-state index in [1.165, 1.54) is 12.8 Å². The molecule has 0 aliphatic carbocycles. The number of hydrogen-bond donors (Lipinski definition) is 0. The van der Waals surface area contributed by atoms with Crippen LogP contribution in [0, 0.1) is 5.92 Å². The molecule has 3 rings (SSSR count). The third-order valence-corrected chi connectivity index (χ3v) is 4.49. The predicted octanol–water partition coefficient (Wildman–Crippen LogP) is 2.38. The summed E-state index contributed by atoms with van der Waals surface area (Å²) in [5.74, 6) is 1.54. The Hall–Kier alpha value is -1.21. The van der Waals surface area contributed by atoms with Gasteiger partial charge in [-0.05, 0) is 41.6 Å². The highest BCUT2D eigenvalue weighted by Crippen LogP contribution is 2.31. The van der Waals surface area contributed by atoms with Gasteiger partial charge >= 0.3 is 0 Å². The minimum atomic E-state index is 0.569. The summed E-state index contributed by atoms with van der Waals surface area (Å²) in [5, 5.41) is 5.39. The molecule has 21 heavy (non-hydrogen) atoms. The quantitative estimate of drug-likeness (QED) is 0.844. The topological polar surface area (TPSA) is 56.1 Å². The summed E-state index contributed by atoms with van der Waals surface area (Å²) in [6, 6.07) is 0. The summed E-state index contributed by atoms with van der Waals surface area (Å²) in [7, 11) is 1.90. The molecule has 1 aliphatic heterocycles. The Balaban J connectivity index is 1.89. The first-order valence-electron chi connectivity index (χ1n) is 7.36. The molecule has 7 heteroatoms. The molecule has 0 saturated carbocycles. The molecule has 0 bridgehead atoms. The van der Waals surface area contributed by atoms with E-state index in [1.54, 1.807) is 11.0 Å². The van der Waals surface area contributed by atoms with Gasteiger partial charge in [0.1, 0.15) is 16.7 Å². The second-order valence-corrected chi connectivity index (χ2v) is 6.18. The number of hydrogen-bond acceptors (Lipinski definition) is 5. The maximum Gasteiger partial charge on any atom is 0.164 e. The molecule has 114 valence electrons. The standard InChI is InChI=1S/C14H20BrN5O/c1-3-21-8-10-5-4-6-20(7-10)14-11-12(15)18-19(2)13(11)16-9-17-14/h9-10H,3-8H2,1-2H3. The second-order valence-electron chi connectivity index (χ2n) is 5.42. The van der Waals surface area contributed by atoms with Gasteiger partial charge < -0.3 is 9.64 Å². The molecule has 0 amide bonds.